The molecule has 0 saturated carbocycles. The summed E-state index contributed by atoms with van der Waals surface area (Å²) in [7, 11) is -3.23. The normalized spacial score (nSPS) is 21.2. The van der Waals surface area contributed by atoms with E-state index in [0.717, 1.165) is 41.8 Å². The molecule has 0 spiro atoms. The number of morpholine rings is 1. The first-order valence-electron chi connectivity index (χ1n) is 11.3. The molecule has 1 aromatic carbocycles. The third kappa shape index (κ3) is 3.62. The fraction of sp³-hybridized carbons (Fsp3) is 0.435. The van der Waals surface area contributed by atoms with Gasteiger partial charge in [0.15, 0.2) is 5.65 Å². The summed E-state index contributed by atoms with van der Waals surface area (Å²) in [5.41, 5.74) is 5.18. The Bertz CT molecular complexity index is 1360. The van der Waals surface area contributed by atoms with Crippen LogP contribution in [0.25, 0.3) is 28.4 Å². The summed E-state index contributed by atoms with van der Waals surface area (Å²) < 4.78 is 33.1. The summed E-state index contributed by atoms with van der Waals surface area (Å²) in [6.07, 6.45) is 9.07. The lowest BCUT2D eigenvalue weighted by molar-refractivity contribution is 0.122. The predicted octanol–water partition coefficient (Wildman–Crippen LogP) is 2.11. The van der Waals surface area contributed by atoms with Crippen LogP contribution in [0.3, 0.4) is 0 Å². The lowest BCUT2D eigenvalue weighted by Crippen LogP contribution is -2.37. The van der Waals surface area contributed by atoms with Crippen LogP contribution in [0.2, 0.25) is 0 Å². The van der Waals surface area contributed by atoms with Crippen molar-refractivity contribution in [3.8, 4) is 11.3 Å². The number of benzene rings is 1. The number of nitrogens with zero attached hydrogens (tertiary/aromatic N) is 6. The van der Waals surface area contributed by atoms with Gasteiger partial charge >= 0.3 is 0 Å². The molecular weight excluding hydrogens is 440 g/mol. The zero-order valence-electron chi connectivity index (χ0n) is 18.5. The molecule has 2 saturated heterocycles. The van der Waals surface area contributed by atoms with E-state index in [1.54, 1.807) is 0 Å². The lowest BCUT2D eigenvalue weighted by atomic mass is 9.99. The van der Waals surface area contributed by atoms with Crippen molar-refractivity contribution in [2.75, 3.05) is 50.5 Å². The number of fused-ring (bicyclic) bond motifs is 2. The molecule has 1 unspecified atom stereocenters. The molecule has 2 aliphatic heterocycles. The van der Waals surface area contributed by atoms with Crippen LogP contribution in [0.1, 0.15) is 23.6 Å². The monoisotopic (exact) mass is 466 g/mol. The first-order valence-corrected chi connectivity index (χ1v) is 13.2. The topological polar surface area (TPSA) is 93.5 Å². The van der Waals surface area contributed by atoms with Crippen LogP contribution in [-0.4, -0.2) is 78.1 Å². The SMILES string of the molecule is CS(=O)(=O)N1CCC(n2ncc3c(-c4cccc5c4C=CC5)nc(N4CCOCC4)nc32)C1. The van der Waals surface area contributed by atoms with Gasteiger partial charge in [-0.3, -0.25) is 0 Å². The summed E-state index contributed by atoms with van der Waals surface area (Å²) >= 11 is 0. The number of hydrogen-bond acceptors (Lipinski definition) is 7. The maximum atomic E-state index is 12.1. The molecule has 4 heterocycles. The Morgan fingerprint density at radius 1 is 1.12 bits per heavy atom. The van der Waals surface area contributed by atoms with E-state index in [1.165, 1.54) is 21.7 Å². The number of anilines is 1. The van der Waals surface area contributed by atoms with Crippen molar-refractivity contribution in [3.63, 3.8) is 0 Å². The summed E-state index contributed by atoms with van der Waals surface area (Å²) in [5.74, 6) is 0.667. The molecule has 10 heteroatoms. The van der Waals surface area contributed by atoms with Crippen LogP contribution >= 0.6 is 0 Å². The number of rotatable bonds is 4. The maximum absolute atomic E-state index is 12.1. The van der Waals surface area contributed by atoms with Gasteiger partial charge < -0.3 is 9.64 Å². The van der Waals surface area contributed by atoms with E-state index in [1.807, 2.05) is 10.9 Å². The van der Waals surface area contributed by atoms with E-state index < -0.39 is 10.0 Å². The Balaban J connectivity index is 1.51. The highest BCUT2D eigenvalue weighted by molar-refractivity contribution is 7.88. The highest BCUT2D eigenvalue weighted by atomic mass is 32.2. The molecule has 1 aliphatic carbocycles. The first-order chi connectivity index (χ1) is 16.0. The Morgan fingerprint density at radius 3 is 2.76 bits per heavy atom. The Morgan fingerprint density at radius 2 is 1.97 bits per heavy atom. The minimum Gasteiger partial charge on any atom is -0.378 e. The molecular formula is C23H26N6O3S. The molecule has 0 N–H and O–H groups in total. The van der Waals surface area contributed by atoms with Gasteiger partial charge in [0.25, 0.3) is 0 Å². The minimum atomic E-state index is -3.23. The second kappa shape index (κ2) is 7.89. The van der Waals surface area contributed by atoms with Crippen molar-refractivity contribution in [3.05, 3.63) is 41.6 Å². The summed E-state index contributed by atoms with van der Waals surface area (Å²) in [5, 5.41) is 5.58. The van der Waals surface area contributed by atoms with E-state index in [9.17, 15) is 8.42 Å². The van der Waals surface area contributed by atoms with Gasteiger partial charge in [0.05, 0.1) is 42.8 Å². The smallest absolute Gasteiger partial charge is 0.228 e. The van der Waals surface area contributed by atoms with Crippen LogP contribution in [0.5, 0.6) is 0 Å². The second-order valence-corrected chi connectivity index (χ2v) is 10.8. The van der Waals surface area contributed by atoms with E-state index in [4.69, 9.17) is 19.8 Å². The number of ether oxygens (including phenoxy) is 1. The summed E-state index contributed by atoms with van der Waals surface area (Å²) in [4.78, 5) is 12.1. The molecule has 0 radical (unpaired) electrons. The number of hydrogen-bond donors (Lipinski definition) is 0. The largest absolute Gasteiger partial charge is 0.378 e. The number of aromatic nitrogens is 4. The molecule has 0 amide bonds. The molecule has 0 bridgehead atoms. The predicted molar refractivity (Wildman–Crippen MR) is 127 cm³/mol. The lowest BCUT2D eigenvalue weighted by Gasteiger charge is -2.27. The molecule has 9 nitrogen and oxygen atoms in total. The van der Waals surface area contributed by atoms with Crippen molar-refractivity contribution in [1.29, 1.82) is 0 Å². The third-order valence-electron chi connectivity index (χ3n) is 6.75. The molecule has 6 rings (SSSR count). The van der Waals surface area contributed by atoms with E-state index in [-0.39, 0.29) is 6.04 Å². The van der Waals surface area contributed by atoms with Crippen molar-refractivity contribution >= 4 is 33.1 Å². The molecule has 2 aromatic heterocycles. The van der Waals surface area contributed by atoms with Crippen molar-refractivity contribution in [2.24, 2.45) is 0 Å². The standard InChI is InChI=1S/C23H26N6O3S/c1-33(30,31)28-9-8-17(15-28)29-22-20(14-24-29)21(19-7-3-5-16-4-2-6-18(16)19)25-23(26-22)27-10-12-32-13-11-27/h2-3,5-7,14,17H,4,8-13,15H2,1H3. The summed E-state index contributed by atoms with van der Waals surface area (Å²) in [6, 6.07) is 6.29. The van der Waals surface area contributed by atoms with Gasteiger partial charge in [0.2, 0.25) is 16.0 Å². The van der Waals surface area contributed by atoms with Gasteiger partial charge in [0.1, 0.15) is 0 Å². The Kier molecular flexibility index (Phi) is 4.97. The highest BCUT2D eigenvalue weighted by Crippen LogP contribution is 2.36. The van der Waals surface area contributed by atoms with Crippen LogP contribution in [0.4, 0.5) is 5.95 Å². The van der Waals surface area contributed by atoms with E-state index in [2.05, 4.69) is 35.3 Å². The van der Waals surface area contributed by atoms with Crippen LogP contribution in [-0.2, 0) is 21.2 Å². The molecule has 3 aliphatic rings. The fourth-order valence-electron chi connectivity index (χ4n) is 5.00. The Labute approximate surface area is 192 Å². The molecule has 2 fully saturated rings. The fourth-order valence-corrected chi connectivity index (χ4v) is 5.88. The highest BCUT2D eigenvalue weighted by Gasteiger charge is 2.32. The van der Waals surface area contributed by atoms with Gasteiger partial charge in [-0.2, -0.15) is 14.4 Å². The molecule has 1 atom stereocenters. The molecule has 3 aromatic rings. The van der Waals surface area contributed by atoms with Crippen molar-refractivity contribution < 1.29 is 13.2 Å². The van der Waals surface area contributed by atoms with Gasteiger partial charge in [-0.1, -0.05) is 30.4 Å². The van der Waals surface area contributed by atoms with Gasteiger partial charge in [-0.25, -0.2) is 18.1 Å². The number of allylic oxidation sites excluding steroid dienone is 1. The van der Waals surface area contributed by atoms with Crippen LogP contribution < -0.4 is 4.90 Å². The van der Waals surface area contributed by atoms with Crippen molar-refractivity contribution in [2.45, 2.75) is 18.9 Å². The molecule has 33 heavy (non-hydrogen) atoms. The third-order valence-corrected chi connectivity index (χ3v) is 8.02. The van der Waals surface area contributed by atoms with Gasteiger partial charge in [0, 0.05) is 31.7 Å². The van der Waals surface area contributed by atoms with Gasteiger partial charge in [-0.15, -0.1) is 0 Å². The minimum absolute atomic E-state index is 0.0566. The van der Waals surface area contributed by atoms with E-state index in [0.29, 0.717) is 38.7 Å². The average Bonchev–Trinajstić information content (AvgIpc) is 3.57. The zero-order valence-corrected chi connectivity index (χ0v) is 19.3. The zero-order chi connectivity index (χ0) is 22.6. The number of sulfonamides is 1. The average molecular weight is 467 g/mol. The van der Waals surface area contributed by atoms with Crippen molar-refractivity contribution in [1.82, 2.24) is 24.1 Å². The molecule has 172 valence electrons. The maximum Gasteiger partial charge on any atom is 0.228 e. The van der Waals surface area contributed by atoms with Gasteiger partial charge in [-0.05, 0) is 24.0 Å². The quantitative estimate of drug-likeness (QED) is 0.581. The van der Waals surface area contributed by atoms with Crippen LogP contribution in [0.15, 0.2) is 30.5 Å². The Hall–Kier alpha value is -2.82. The van der Waals surface area contributed by atoms with Crippen LogP contribution in [0, 0.1) is 0 Å². The first kappa shape index (κ1) is 20.8. The van der Waals surface area contributed by atoms with E-state index >= 15 is 0 Å². The second-order valence-electron chi connectivity index (χ2n) is 8.85. The summed E-state index contributed by atoms with van der Waals surface area (Å²) in [6.45, 7) is 3.66.